The molecular weight excluding hydrogens is 401 g/mol. The molecule has 0 unspecified atom stereocenters. The Morgan fingerprint density at radius 1 is 1.31 bits per heavy atom. The van der Waals surface area contributed by atoms with Crippen LogP contribution in [0.2, 0.25) is 0 Å². The van der Waals surface area contributed by atoms with Gasteiger partial charge < -0.3 is 9.84 Å². The molecular formula is C20H22FNO6S. The topological polar surface area (TPSA) is 93.1 Å². The van der Waals surface area contributed by atoms with Crippen LogP contribution in [0.25, 0.3) is 0 Å². The number of ketones is 1. The Balaban J connectivity index is 1.62. The molecule has 0 radical (unpaired) electrons. The van der Waals surface area contributed by atoms with Crippen LogP contribution in [0.15, 0.2) is 12.1 Å². The second-order valence-electron chi connectivity index (χ2n) is 9.16. The van der Waals surface area contributed by atoms with Gasteiger partial charge in [-0.15, -0.1) is 0 Å². The fourth-order valence-corrected chi connectivity index (χ4v) is 7.28. The summed E-state index contributed by atoms with van der Waals surface area (Å²) >= 11 is 0. The summed E-state index contributed by atoms with van der Waals surface area (Å²) in [6.45, 7) is 1.47. The summed E-state index contributed by atoms with van der Waals surface area (Å²) in [5.41, 5.74) is -0.968. The largest absolute Gasteiger partial charge is 0.504 e. The van der Waals surface area contributed by atoms with Crippen molar-refractivity contribution in [1.82, 2.24) is 4.90 Å². The SMILES string of the molecule is O=C1CC[C@@]2(OS(=O)(=O)F)[C@H]3Cc4ccc(O)c5c4[C@@]2(CCN3CC2CC2)[C@H]1O5. The minimum atomic E-state index is -5.27. The fraction of sp³-hybridized carbons (Fsp3) is 0.650. The molecule has 1 spiro atoms. The van der Waals surface area contributed by atoms with E-state index in [1.807, 2.05) is 6.07 Å². The summed E-state index contributed by atoms with van der Waals surface area (Å²) in [4.78, 5) is 15.1. The quantitative estimate of drug-likeness (QED) is 0.738. The molecule has 2 saturated carbocycles. The van der Waals surface area contributed by atoms with Crippen molar-refractivity contribution in [3.8, 4) is 11.5 Å². The van der Waals surface area contributed by atoms with Gasteiger partial charge in [-0.25, -0.2) is 4.18 Å². The third-order valence-electron chi connectivity index (χ3n) is 7.77. The van der Waals surface area contributed by atoms with E-state index in [0.717, 1.165) is 24.9 Å². The lowest BCUT2D eigenvalue weighted by Gasteiger charge is -2.63. The van der Waals surface area contributed by atoms with Crippen molar-refractivity contribution in [2.45, 2.75) is 61.7 Å². The number of halogens is 1. The van der Waals surface area contributed by atoms with Gasteiger partial charge in [-0.2, -0.15) is 8.42 Å². The van der Waals surface area contributed by atoms with E-state index in [1.165, 1.54) is 0 Å². The van der Waals surface area contributed by atoms with Crippen LogP contribution in [0, 0.1) is 5.92 Å². The van der Waals surface area contributed by atoms with Gasteiger partial charge in [0.25, 0.3) is 0 Å². The van der Waals surface area contributed by atoms with Crippen LogP contribution in [0.5, 0.6) is 11.5 Å². The molecule has 1 aromatic rings. The number of piperidine rings is 1. The lowest BCUT2D eigenvalue weighted by molar-refractivity contribution is -0.177. The Kier molecular flexibility index (Phi) is 3.43. The first-order valence-electron chi connectivity index (χ1n) is 10.2. The average molecular weight is 423 g/mol. The summed E-state index contributed by atoms with van der Waals surface area (Å²) in [7, 11) is -5.27. The predicted octanol–water partition coefficient (Wildman–Crippen LogP) is 1.76. The van der Waals surface area contributed by atoms with Gasteiger partial charge in [0.1, 0.15) is 5.60 Å². The molecule has 6 rings (SSSR count). The average Bonchev–Trinajstić information content (AvgIpc) is 3.38. The fourth-order valence-electron chi connectivity index (χ4n) is 6.58. The number of nitrogens with zero attached hydrogens (tertiary/aromatic N) is 1. The number of phenols is 1. The Bertz CT molecular complexity index is 1040. The van der Waals surface area contributed by atoms with E-state index >= 15 is 0 Å². The normalized spacial score (nSPS) is 37.9. The molecule has 1 saturated heterocycles. The highest BCUT2D eigenvalue weighted by Gasteiger charge is 2.75. The molecule has 0 aromatic heterocycles. The summed E-state index contributed by atoms with van der Waals surface area (Å²) in [6, 6.07) is 2.99. The molecule has 29 heavy (non-hydrogen) atoms. The third-order valence-corrected chi connectivity index (χ3v) is 8.26. The minimum Gasteiger partial charge on any atom is -0.504 e. The van der Waals surface area contributed by atoms with Crippen LogP contribution in [-0.4, -0.2) is 55.0 Å². The Morgan fingerprint density at radius 3 is 2.83 bits per heavy atom. The van der Waals surface area contributed by atoms with Crippen LogP contribution in [0.3, 0.4) is 0 Å². The van der Waals surface area contributed by atoms with Crippen molar-refractivity contribution in [1.29, 1.82) is 0 Å². The number of ether oxygens (including phenoxy) is 1. The van der Waals surface area contributed by atoms with Gasteiger partial charge in [0.05, 0.1) is 5.41 Å². The number of rotatable bonds is 4. The van der Waals surface area contributed by atoms with Gasteiger partial charge in [0, 0.05) is 24.6 Å². The number of phenolic OH excluding ortho intramolecular Hbond substituents is 1. The van der Waals surface area contributed by atoms with E-state index in [4.69, 9.17) is 8.92 Å². The zero-order chi connectivity index (χ0) is 20.2. The maximum Gasteiger partial charge on any atom is 0.438 e. The highest BCUT2D eigenvalue weighted by molar-refractivity contribution is 7.81. The lowest BCUT2D eigenvalue weighted by Crippen LogP contribution is -2.77. The second kappa shape index (κ2) is 5.50. The van der Waals surface area contributed by atoms with Crippen LogP contribution in [0.1, 0.15) is 43.2 Å². The molecule has 2 bridgehead atoms. The number of carbonyl (C=O) groups is 1. The molecule has 3 aliphatic carbocycles. The van der Waals surface area contributed by atoms with Gasteiger partial charge in [0.2, 0.25) is 0 Å². The monoisotopic (exact) mass is 423 g/mol. The molecule has 9 heteroatoms. The molecule has 3 fully saturated rings. The number of carbonyl (C=O) groups excluding carboxylic acids is 1. The summed E-state index contributed by atoms with van der Waals surface area (Å²) in [6.07, 6.45) is 2.38. The van der Waals surface area contributed by atoms with E-state index in [-0.39, 0.29) is 36.2 Å². The van der Waals surface area contributed by atoms with Gasteiger partial charge >= 0.3 is 10.5 Å². The summed E-state index contributed by atoms with van der Waals surface area (Å²) in [5, 5.41) is 10.4. The smallest absolute Gasteiger partial charge is 0.438 e. The summed E-state index contributed by atoms with van der Waals surface area (Å²) in [5.74, 6) is 0.552. The van der Waals surface area contributed by atoms with Crippen molar-refractivity contribution in [2.75, 3.05) is 13.1 Å². The van der Waals surface area contributed by atoms with Crippen LogP contribution < -0.4 is 4.74 Å². The molecule has 156 valence electrons. The van der Waals surface area contributed by atoms with E-state index in [0.29, 0.717) is 30.9 Å². The van der Waals surface area contributed by atoms with E-state index < -0.39 is 27.6 Å². The van der Waals surface area contributed by atoms with Crippen molar-refractivity contribution < 1.29 is 31.1 Å². The first kappa shape index (κ1) is 18.1. The molecule has 5 aliphatic rings. The minimum absolute atomic E-state index is 0.0553. The Labute approximate surface area is 168 Å². The maximum absolute atomic E-state index is 14.1. The molecule has 2 heterocycles. The predicted molar refractivity (Wildman–Crippen MR) is 98.7 cm³/mol. The first-order valence-corrected chi connectivity index (χ1v) is 11.5. The molecule has 7 nitrogen and oxygen atoms in total. The maximum atomic E-state index is 14.1. The highest BCUT2D eigenvalue weighted by Crippen LogP contribution is 2.66. The summed E-state index contributed by atoms with van der Waals surface area (Å²) < 4.78 is 49.1. The van der Waals surface area contributed by atoms with Crippen molar-refractivity contribution in [3.63, 3.8) is 0 Å². The van der Waals surface area contributed by atoms with E-state index in [2.05, 4.69) is 4.90 Å². The number of hydrogen-bond acceptors (Lipinski definition) is 7. The van der Waals surface area contributed by atoms with Crippen molar-refractivity contribution in [3.05, 3.63) is 23.3 Å². The van der Waals surface area contributed by atoms with E-state index in [9.17, 15) is 22.2 Å². The standard InChI is InChI=1S/C20H22FNO6S/c21-29(25,26)28-20-6-5-14(24)18-19(20)7-8-22(10-11-1-2-11)15(20)9-12-3-4-13(23)17(27-18)16(12)19/h3-4,11,15,18,23H,1-2,5-10H2/t15-,18+,19+,20-/m1/s1. The van der Waals surface area contributed by atoms with Crippen LogP contribution in [-0.2, 0) is 31.3 Å². The number of aromatic hydroxyl groups is 1. The van der Waals surface area contributed by atoms with Gasteiger partial charge in [-0.3, -0.25) is 9.69 Å². The van der Waals surface area contributed by atoms with Crippen LogP contribution >= 0.6 is 0 Å². The Hall–Kier alpha value is -1.71. The molecule has 1 aromatic carbocycles. The highest BCUT2D eigenvalue weighted by atomic mass is 32.3. The Morgan fingerprint density at radius 2 is 2.10 bits per heavy atom. The second-order valence-corrected chi connectivity index (χ2v) is 10.1. The van der Waals surface area contributed by atoms with Gasteiger partial charge in [0.15, 0.2) is 23.4 Å². The van der Waals surface area contributed by atoms with Gasteiger partial charge in [-0.05, 0) is 56.2 Å². The molecule has 0 amide bonds. The first-order chi connectivity index (χ1) is 13.8. The van der Waals surface area contributed by atoms with Crippen molar-refractivity contribution in [2.24, 2.45) is 5.92 Å². The molecule has 1 N–H and O–H groups in total. The number of Topliss-reactive ketones (excluding diaryl/α,β-unsaturated/α-hetero) is 1. The zero-order valence-corrected chi connectivity index (χ0v) is 16.6. The zero-order valence-electron chi connectivity index (χ0n) is 15.8. The third kappa shape index (κ3) is 2.24. The number of hydrogen-bond donors (Lipinski definition) is 1. The molecule has 2 aliphatic heterocycles. The number of likely N-dealkylation sites (tertiary alicyclic amines) is 1. The van der Waals surface area contributed by atoms with E-state index in [1.54, 1.807) is 6.07 Å². The van der Waals surface area contributed by atoms with Crippen LogP contribution in [0.4, 0.5) is 3.89 Å². The number of benzene rings is 1. The van der Waals surface area contributed by atoms with Crippen molar-refractivity contribution >= 4 is 16.3 Å². The lowest BCUT2D eigenvalue weighted by atomic mass is 9.49. The molecule has 4 atom stereocenters. The van der Waals surface area contributed by atoms with Gasteiger partial charge in [-0.1, -0.05) is 9.95 Å².